The maximum Gasteiger partial charge on any atom is 0.0994 e. The fourth-order valence-electron chi connectivity index (χ4n) is 1.95. The SMILES string of the molecule is C#CCN(CC1CC1)c1ccc(C#N)c(C)c1. The second-order valence-electron chi connectivity index (χ2n) is 4.64. The van der Waals surface area contributed by atoms with Gasteiger partial charge < -0.3 is 4.90 Å². The molecule has 0 radical (unpaired) electrons. The Bertz CT molecular complexity index is 487. The molecule has 0 bridgehead atoms. The molecule has 1 aliphatic carbocycles. The number of nitriles is 1. The maximum absolute atomic E-state index is 8.91. The van der Waals surface area contributed by atoms with Gasteiger partial charge in [0, 0.05) is 12.2 Å². The van der Waals surface area contributed by atoms with Gasteiger partial charge in [0.25, 0.3) is 0 Å². The van der Waals surface area contributed by atoms with E-state index in [1.54, 1.807) is 0 Å². The first kappa shape index (κ1) is 11.6. The highest BCUT2D eigenvalue weighted by molar-refractivity contribution is 5.54. The number of hydrogen-bond donors (Lipinski definition) is 0. The lowest BCUT2D eigenvalue weighted by atomic mass is 10.1. The lowest BCUT2D eigenvalue weighted by Crippen LogP contribution is -2.26. The average Bonchev–Trinajstić information content (AvgIpc) is 3.12. The van der Waals surface area contributed by atoms with Crippen LogP contribution in [0, 0.1) is 36.5 Å². The Hall–Kier alpha value is -1.93. The summed E-state index contributed by atoms with van der Waals surface area (Å²) in [6.45, 7) is 3.64. The molecule has 0 aliphatic heterocycles. The molecule has 0 spiro atoms. The second kappa shape index (κ2) is 4.93. The molecule has 0 saturated heterocycles. The predicted molar refractivity (Wildman–Crippen MR) is 69.7 cm³/mol. The number of rotatable bonds is 4. The highest BCUT2D eigenvalue weighted by Gasteiger charge is 2.24. The van der Waals surface area contributed by atoms with Gasteiger partial charge in [0.2, 0.25) is 0 Å². The van der Waals surface area contributed by atoms with Crippen LogP contribution in [0.2, 0.25) is 0 Å². The van der Waals surface area contributed by atoms with E-state index in [2.05, 4.69) is 23.0 Å². The van der Waals surface area contributed by atoms with Gasteiger partial charge in [-0.3, -0.25) is 0 Å². The molecular formula is C15H16N2. The van der Waals surface area contributed by atoms with Crippen LogP contribution in [0.15, 0.2) is 18.2 Å². The van der Waals surface area contributed by atoms with Crippen molar-refractivity contribution in [2.45, 2.75) is 19.8 Å². The first-order valence-corrected chi connectivity index (χ1v) is 5.93. The van der Waals surface area contributed by atoms with Gasteiger partial charge in [0.1, 0.15) is 0 Å². The number of benzene rings is 1. The van der Waals surface area contributed by atoms with Crippen LogP contribution >= 0.6 is 0 Å². The van der Waals surface area contributed by atoms with E-state index < -0.39 is 0 Å². The summed E-state index contributed by atoms with van der Waals surface area (Å²) < 4.78 is 0. The summed E-state index contributed by atoms with van der Waals surface area (Å²) in [6.07, 6.45) is 8.04. The van der Waals surface area contributed by atoms with Gasteiger partial charge in [-0.1, -0.05) is 5.92 Å². The van der Waals surface area contributed by atoms with Crippen LogP contribution in [0.3, 0.4) is 0 Å². The van der Waals surface area contributed by atoms with E-state index in [0.717, 1.165) is 29.3 Å². The van der Waals surface area contributed by atoms with E-state index in [1.165, 1.54) is 12.8 Å². The van der Waals surface area contributed by atoms with Crippen molar-refractivity contribution in [2.75, 3.05) is 18.0 Å². The topological polar surface area (TPSA) is 27.0 Å². The third-order valence-corrected chi connectivity index (χ3v) is 3.15. The summed E-state index contributed by atoms with van der Waals surface area (Å²) >= 11 is 0. The molecule has 0 amide bonds. The lowest BCUT2D eigenvalue weighted by Gasteiger charge is -2.23. The zero-order valence-electron chi connectivity index (χ0n) is 10.1. The highest BCUT2D eigenvalue weighted by Crippen LogP contribution is 2.31. The number of hydrogen-bond acceptors (Lipinski definition) is 2. The molecule has 1 aromatic carbocycles. The molecular weight excluding hydrogens is 208 g/mol. The Balaban J connectivity index is 2.20. The Morgan fingerprint density at radius 2 is 2.24 bits per heavy atom. The average molecular weight is 224 g/mol. The normalized spacial score (nSPS) is 13.8. The Labute approximate surface area is 103 Å². The van der Waals surface area contributed by atoms with Gasteiger partial charge in [-0.15, -0.1) is 6.42 Å². The number of anilines is 1. The molecule has 2 heteroatoms. The summed E-state index contributed by atoms with van der Waals surface area (Å²) in [5, 5.41) is 8.91. The van der Waals surface area contributed by atoms with Crippen LogP contribution in [0.4, 0.5) is 5.69 Å². The fourth-order valence-corrected chi connectivity index (χ4v) is 1.95. The molecule has 0 atom stereocenters. The van der Waals surface area contributed by atoms with Crippen molar-refractivity contribution >= 4 is 5.69 Å². The first-order valence-electron chi connectivity index (χ1n) is 5.93. The minimum absolute atomic E-state index is 0.641. The van der Waals surface area contributed by atoms with Crippen LogP contribution in [0.5, 0.6) is 0 Å². The van der Waals surface area contributed by atoms with Crippen molar-refractivity contribution < 1.29 is 0 Å². The minimum atomic E-state index is 0.641. The molecule has 2 nitrogen and oxygen atoms in total. The van der Waals surface area contributed by atoms with Gasteiger partial charge in [-0.25, -0.2) is 0 Å². The van der Waals surface area contributed by atoms with Crippen molar-refractivity contribution in [1.29, 1.82) is 5.26 Å². The summed E-state index contributed by atoms with van der Waals surface area (Å²) in [5.74, 6) is 3.51. The van der Waals surface area contributed by atoms with Gasteiger partial charge in [-0.05, 0) is 49.4 Å². The van der Waals surface area contributed by atoms with E-state index in [1.807, 2.05) is 19.1 Å². The minimum Gasteiger partial charge on any atom is -0.360 e. The Morgan fingerprint density at radius 3 is 2.76 bits per heavy atom. The van der Waals surface area contributed by atoms with Crippen LogP contribution in [0.1, 0.15) is 24.0 Å². The van der Waals surface area contributed by atoms with Gasteiger partial charge >= 0.3 is 0 Å². The molecule has 0 aromatic heterocycles. The predicted octanol–water partition coefficient (Wildman–Crippen LogP) is 2.72. The molecule has 17 heavy (non-hydrogen) atoms. The van der Waals surface area contributed by atoms with Crippen molar-refractivity contribution in [2.24, 2.45) is 5.92 Å². The largest absolute Gasteiger partial charge is 0.360 e. The van der Waals surface area contributed by atoms with E-state index in [0.29, 0.717) is 6.54 Å². The summed E-state index contributed by atoms with van der Waals surface area (Å²) in [6, 6.07) is 8.11. The van der Waals surface area contributed by atoms with Crippen LogP contribution in [-0.2, 0) is 0 Å². The molecule has 1 aliphatic rings. The molecule has 86 valence electrons. The van der Waals surface area contributed by atoms with E-state index in [-0.39, 0.29) is 0 Å². The third-order valence-electron chi connectivity index (χ3n) is 3.15. The fraction of sp³-hybridized carbons (Fsp3) is 0.400. The molecule has 2 rings (SSSR count). The standard InChI is InChI=1S/C15H16N2/c1-3-8-17(11-13-4-5-13)15-7-6-14(10-16)12(2)9-15/h1,6-7,9,13H,4-5,8,11H2,2H3. The van der Waals surface area contributed by atoms with Gasteiger partial charge in [0.15, 0.2) is 0 Å². The van der Waals surface area contributed by atoms with E-state index in [9.17, 15) is 0 Å². The van der Waals surface area contributed by atoms with Gasteiger partial charge in [-0.2, -0.15) is 5.26 Å². The summed E-state index contributed by atoms with van der Waals surface area (Å²) in [5.41, 5.74) is 2.88. The lowest BCUT2D eigenvalue weighted by molar-refractivity contribution is 0.765. The third kappa shape index (κ3) is 2.80. The molecule has 0 N–H and O–H groups in total. The number of nitrogens with zero attached hydrogens (tertiary/aromatic N) is 2. The maximum atomic E-state index is 8.91. The quantitative estimate of drug-likeness (QED) is 0.735. The van der Waals surface area contributed by atoms with Crippen LogP contribution in [0.25, 0.3) is 0 Å². The molecule has 1 aromatic rings. The summed E-state index contributed by atoms with van der Waals surface area (Å²) in [7, 11) is 0. The number of aryl methyl sites for hydroxylation is 1. The van der Waals surface area contributed by atoms with Crippen molar-refractivity contribution in [1.82, 2.24) is 0 Å². The molecule has 1 fully saturated rings. The number of terminal acetylenes is 1. The van der Waals surface area contributed by atoms with Crippen molar-refractivity contribution in [3.05, 3.63) is 29.3 Å². The van der Waals surface area contributed by atoms with Crippen LogP contribution < -0.4 is 4.90 Å². The van der Waals surface area contributed by atoms with E-state index >= 15 is 0 Å². The Morgan fingerprint density at radius 1 is 1.47 bits per heavy atom. The van der Waals surface area contributed by atoms with Crippen molar-refractivity contribution in [3.8, 4) is 18.4 Å². The zero-order chi connectivity index (χ0) is 12.3. The molecule has 1 saturated carbocycles. The Kier molecular flexibility index (Phi) is 3.35. The summed E-state index contributed by atoms with van der Waals surface area (Å²) in [4.78, 5) is 2.23. The first-order chi connectivity index (χ1) is 8.24. The smallest absolute Gasteiger partial charge is 0.0994 e. The second-order valence-corrected chi connectivity index (χ2v) is 4.64. The monoisotopic (exact) mass is 224 g/mol. The van der Waals surface area contributed by atoms with Gasteiger partial charge in [0.05, 0.1) is 18.2 Å². The highest BCUT2D eigenvalue weighted by atomic mass is 15.1. The van der Waals surface area contributed by atoms with E-state index in [4.69, 9.17) is 11.7 Å². The zero-order valence-corrected chi connectivity index (χ0v) is 10.1. The molecule has 0 heterocycles. The molecule has 0 unspecified atom stereocenters. The van der Waals surface area contributed by atoms with Crippen molar-refractivity contribution in [3.63, 3.8) is 0 Å². The van der Waals surface area contributed by atoms with Crippen LogP contribution in [-0.4, -0.2) is 13.1 Å².